The van der Waals surface area contributed by atoms with Gasteiger partial charge >= 0.3 is 0 Å². The van der Waals surface area contributed by atoms with Gasteiger partial charge in [0, 0.05) is 19.1 Å². The van der Waals surface area contributed by atoms with E-state index in [4.69, 9.17) is 9.47 Å². The lowest BCUT2D eigenvalue weighted by molar-refractivity contribution is -0.0625. The van der Waals surface area contributed by atoms with Crippen LogP contribution in [0, 0.1) is 0 Å². The van der Waals surface area contributed by atoms with Gasteiger partial charge in [0.2, 0.25) is 0 Å². The van der Waals surface area contributed by atoms with Crippen molar-refractivity contribution in [1.29, 1.82) is 0 Å². The highest BCUT2D eigenvalue weighted by Gasteiger charge is 2.37. The van der Waals surface area contributed by atoms with Crippen LogP contribution in [0.25, 0.3) is 0 Å². The predicted molar refractivity (Wildman–Crippen MR) is 77.0 cm³/mol. The Labute approximate surface area is 120 Å². The quantitative estimate of drug-likeness (QED) is 0.914. The van der Waals surface area contributed by atoms with Gasteiger partial charge in [-0.3, -0.25) is 4.90 Å². The molecule has 110 valence electrons. The van der Waals surface area contributed by atoms with Crippen LogP contribution in [0.5, 0.6) is 5.75 Å². The summed E-state index contributed by atoms with van der Waals surface area (Å²) in [7, 11) is 1.66. The number of nitrogens with zero attached hydrogens (tertiary/aromatic N) is 1. The molecule has 3 atom stereocenters. The Hall–Kier alpha value is -1.10. The van der Waals surface area contributed by atoms with Crippen LogP contribution in [-0.4, -0.2) is 49.0 Å². The second kappa shape index (κ2) is 5.72. The molecule has 0 saturated carbocycles. The predicted octanol–water partition coefficient (Wildman–Crippen LogP) is 1.76. The lowest BCUT2D eigenvalue weighted by Gasteiger charge is -2.37. The van der Waals surface area contributed by atoms with E-state index in [2.05, 4.69) is 17.9 Å². The number of aliphatic hydroxyl groups excluding tert-OH is 1. The molecule has 1 aliphatic heterocycles. The average molecular weight is 277 g/mol. The number of morpholine rings is 1. The average Bonchev–Trinajstić information content (AvgIpc) is 2.84. The van der Waals surface area contributed by atoms with Crippen LogP contribution in [-0.2, 0) is 11.2 Å². The van der Waals surface area contributed by atoms with Crippen molar-refractivity contribution < 1.29 is 14.6 Å². The maximum Gasteiger partial charge on any atom is 0.119 e. The first-order chi connectivity index (χ1) is 9.72. The molecular formula is C16H23NO3. The van der Waals surface area contributed by atoms with Crippen molar-refractivity contribution in [1.82, 2.24) is 4.90 Å². The summed E-state index contributed by atoms with van der Waals surface area (Å²) in [6.07, 6.45) is 1.82. The molecule has 4 heteroatoms. The van der Waals surface area contributed by atoms with Crippen molar-refractivity contribution in [2.24, 2.45) is 0 Å². The molecule has 1 heterocycles. The zero-order chi connectivity index (χ0) is 14.1. The van der Waals surface area contributed by atoms with Gasteiger partial charge in [0.05, 0.1) is 25.9 Å². The lowest BCUT2D eigenvalue weighted by atomic mass is 10.1. The van der Waals surface area contributed by atoms with Crippen LogP contribution >= 0.6 is 0 Å². The molecule has 1 fully saturated rings. The van der Waals surface area contributed by atoms with Crippen LogP contribution in [0.3, 0.4) is 0 Å². The fourth-order valence-corrected chi connectivity index (χ4v) is 3.32. The largest absolute Gasteiger partial charge is 0.497 e. The van der Waals surface area contributed by atoms with E-state index in [1.807, 2.05) is 12.1 Å². The highest BCUT2D eigenvalue weighted by atomic mass is 16.5. The Bertz CT molecular complexity index is 477. The van der Waals surface area contributed by atoms with Crippen LogP contribution in [0.1, 0.15) is 30.6 Å². The monoisotopic (exact) mass is 277 g/mol. The molecule has 1 aromatic carbocycles. The van der Waals surface area contributed by atoms with Gasteiger partial charge in [-0.15, -0.1) is 0 Å². The van der Waals surface area contributed by atoms with Crippen molar-refractivity contribution in [3.63, 3.8) is 0 Å². The molecule has 0 bridgehead atoms. The SMILES string of the molecule is CCC1CN(C2Cc3ccc(OC)cc3C2O)CCO1. The van der Waals surface area contributed by atoms with Gasteiger partial charge < -0.3 is 14.6 Å². The number of hydrogen-bond donors (Lipinski definition) is 1. The third-order valence-electron chi connectivity index (χ3n) is 4.56. The molecule has 0 spiro atoms. The minimum atomic E-state index is -0.421. The van der Waals surface area contributed by atoms with E-state index in [-0.39, 0.29) is 6.04 Å². The van der Waals surface area contributed by atoms with E-state index >= 15 is 0 Å². The Kier molecular flexibility index (Phi) is 3.96. The fraction of sp³-hybridized carbons (Fsp3) is 0.625. The van der Waals surface area contributed by atoms with Gasteiger partial charge in [0.15, 0.2) is 0 Å². The number of hydrogen-bond acceptors (Lipinski definition) is 4. The summed E-state index contributed by atoms with van der Waals surface area (Å²) in [5, 5.41) is 10.6. The maximum absolute atomic E-state index is 10.6. The number of methoxy groups -OCH3 is 1. The first kappa shape index (κ1) is 13.9. The van der Waals surface area contributed by atoms with E-state index in [1.54, 1.807) is 7.11 Å². The Morgan fingerprint density at radius 1 is 1.45 bits per heavy atom. The molecule has 1 saturated heterocycles. The molecule has 1 aliphatic carbocycles. The fourth-order valence-electron chi connectivity index (χ4n) is 3.32. The van der Waals surface area contributed by atoms with Crippen molar-refractivity contribution in [3.8, 4) is 5.75 Å². The molecule has 0 amide bonds. The number of rotatable bonds is 3. The van der Waals surface area contributed by atoms with Crippen LogP contribution < -0.4 is 4.74 Å². The van der Waals surface area contributed by atoms with E-state index in [1.165, 1.54) is 5.56 Å². The summed E-state index contributed by atoms with van der Waals surface area (Å²) >= 11 is 0. The van der Waals surface area contributed by atoms with E-state index in [0.29, 0.717) is 6.10 Å². The van der Waals surface area contributed by atoms with Crippen molar-refractivity contribution in [3.05, 3.63) is 29.3 Å². The number of benzene rings is 1. The van der Waals surface area contributed by atoms with Crippen molar-refractivity contribution in [2.75, 3.05) is 26.8 Å². The minimum Gasteiger partial charge on any atom is -0.497 e. The van der Waals surface area contributed by atoms with Gasteiger partial charge in [-0.25, -0.2) is 0 Å². The topological polar surface area (TPSA) is 41.9 Å². The number of ether oxygens (including phenoxy) is 2. The molecule has 0 radical (unpaired) electrons. The molecule has 20 heavy (non-hydrogen) atoms. The summed E-state index contributed by atoms with van der Waals surface area (Å²) in [5.41, 5.74) is 2.26. The molecule has 0 aromatic heterocycles. The normalized spacial score (nSPS) is 30.2. The smallest absolute Gasteiger partial charge is 0.119 e. The highest BCUT2D eigenvalue weighted by molar-refractivity contribution is 5.41. The summed E-state index contributed by atoms with van der Waals surface area (Å²) in [4.78, 5) is 2.38. The Balaban J connectivity index is 1.77. The molecule has 2 aliphatic rings. The second-order valence-corrected chi connectivity index (χ2v) is 5.68. The van der Waals surface area contributed by atoms with E-state index in [0.717, 1.165) is 43.9 Å². The summed E-state index contributed by atoms with van der Waals surface area (Å²) in [5.74, 6) is 0.817. The van der Waals surface area contributed by atoms with Gasteiger partial charge in [0.1, 0.15) is 5.75 Å². The minimum absolute atomic E-state index is 0.176. The van der Waals surface area contributed by atoms with Gasteiger partial charge in [-0.05, 0) is 36.1 Å². The molecule has 1 aromatic rings. The molecule has 1 N–H and O–H groups in total. The zero-order valence-electron chi connectivity index (χ0n) is 12.2. The van der Waals surface area contributed by atoms with Crippen LogP contribution in [0.15, 0.2) is 18.2 Å². The van der Waals surface area contributed by atoms with Gasteiger partial charge in [-0.2, -0.15) is 0 Å². The third kappa shape index (κ3) is 2.43. The number of fused-ring (bicyclic) bond motifs is 1. The third-order valence-corrected chi connectivity index (χ3v) is 4.56. The second-order valence-electron chi connectivity index (χ2n) is 5.68. The molecule has 3 rings (SSSR count). The van der Waals surface area contributed by atoms with Crippen LogP contribution in [0.2, 0.25) is 0 Å². The van der Waals surface area contributed by atoms with E-state index < -0.39 is 6.10 Å². The number of aliphatic hydroxyl groups is 1. The highest BCUT2D eigenvalue weighted by Crippen LogP contribution is 2.37. The summed E-state index contributed by atoms with van der Waals surface area (Å²) in [6.45, 7) is 4.74. The summed E-state index contributed by atoms with van der Waals surface area (Å²) in [6, 6.07) is 6.20. The van der Waals surface area contributed by atoms with Crippen LogP contribution in [0.4, 0.5) is 0 Å². The first-order valence-electron chi connectivity index (χ1n) is 7.43. The van der Waals surface area contributed by atoms with E-state index in [9.17, 15) is 5.11 Å². The first-order valence-corrected chi connectivity index (χ1v) is 7.43. The molecule has 4 nitrogen and oxygen atoms in total. The summed E-state index contributed by atoms with van der Waals surface area (Å²) < 4.78 is 11.0. The van der Waals surface area contributed by atoms with Gasteiger partial charge in [0.25, 0.3) is 0 Å². The molecular weight excluding hydrogens is 254 g/mol. The van der Waals surface area contributed by atoms with Crippen molar-refractivity contribution >= 4 is 0 Å². The zero-order valence-corrected chi connectivity index (χ0v) is 12.2. The Morgan fingerprint density at radius 2 is 2.30 bits per heavy atom. The lowest BCUT2D eigenvalue weighted by Crippen LogP contribution is -2.49. The van der Waals surface area contributed by atoms with Gasteiger partial charge in [-0.1, -0.05) is 13.0 Å². The standard InChI is InChI=1S/C16H23NO3/c1-3-12-10-17(6-7-20-12)15-8-11-4-5-13(19-2)9-14(11)16(15)18/h4-5,9,12,15-16,18H,3,6-8,10H2,1-2H3. The van der Waals surface area contributed by atoms with Crippen molar-refractivity contribution in [2.45, 2.75) is 38.0 Å². The Morgan fingerprint density at radius 3 is 3.05 bits per heavy atom. The molecule has 3 unspecified atom stereocenters. The maximum atomic E-state index is 10.6.